The summed E-state index contributed by atoms with van der Waals surface area (Å²) in [5.41, 5.74) is 0.825. The molecule has 8 nitrogen and oxygen atoms in total. The lowest BCUT2D eigenvalue weighted by atomic mass is 10.3. The van der Waals surface area contributed by atoms with Crippen molar-refractivity contribution < 1.29 is 18.7 Å². The minimum Gasteiger partial charge on any atom is -0.497 e. The Morgan fingerprint density at radius 1 is 1.25 bits per heavy atom. The number of nitrogens with one attached hydrogen (secondary N) is 1. The van der Waals surface area contributed by atoms with E-state index >= 15 is 0 Å². The van der Waals surface area contributed by atoms with E-state index in [1.807, 2.05) is 23.1 Å². The Morgan fingerprint density at radius 2 is 2.07 bits per heavy atom. The number of rotatable bonds is 5. The highest BCUT2D eigenvalue weighted by molar-refractivity contribution is 7.22. The second kappa shape index (κ2) is 7.99. The first kappa shape index (κ1) is 18.5. The minimum atomic E-state index is -0.114. The molecular formula is C19H20N4O4S. The number of ether oxygens (including phenoxy) is 1. The second-order valence-corrected chi connectivity index (χ2v) is 7.48. The molecule has 1 fully saturated rings. The van der Waals surface area contributed by atoms with E-state index in [0.29, 0.717) is 37.1 Å². The zero-order chi connectivity index (χ0) is 19.5. The molecule has 2 amide bonds. The Kier molecular flexibility index (Phi) is 5.27. The van der Waals surface area contributed by atoms with Crippen molar-refractivity contribution in [1.82, 2.24) is 14.8 Å². The molecule has 0 saturated carbocycles. The molecule has 9 heteroatoms. The topological polar surface area (TPSA) is 87.9 Å². The standard InChI is InChI=1S/C19H20N4O4S/c1-26-13-4-5-14-16(11-13)28-19(20-14)21-17(24)12-22-6-8-23(9-7-22)18(25)15-3-2-10-27-15/h2-5,10-11H,6-9,12H2,1H3,(H,20,21,24). The van der Waals surface area contributed by atoms with Crippen molar-refractivity contribution in [1.29, 1.82) is 0 Å². The molecule has 2 aromatic heterocycles. The Bertz CT molecular complexity index is 977. The summed E-state index contributed by atoms with van der Waals surface area (Å²) in [6, 6.07) is 8.98. The molecule has 0 radical (unpaired) electrons. The largest absolute Gasteiger partial charge is 0.497 e. The Labute approximate surface area is 165 Å². The zero-order valence-corrected chi connectivity index (χ0v) is 16.2. The number of amides is 2. The number of hydrogen-bond acceptors (Lipinski definition) is 7. The van der Waals surface area contributed by atoms with Gasteiger partial charge in [0.1, 0.15) is 5.75 Å². The number of carbonyl (C=O) groups is 2. The lowest BCUT2D eigenvalue weighted by molar-refractivity contribution is -0.117. The maximum atomic E-state index is 12.4. The van der Waals surface area contributed by atoms with Crippen LogP contribution in [0, 0.1) is 0 Å². The van der Waals surface area contributed by atoms with Crippen LogP contribution in [0.1, 0.15) is 10.6 Å². The Hall–Kier alpha value is -2.91. The number of benzene rings is 1. The van der Waals surface area contributed by atoms with Crippen LogP contribution in [0.15, 0.2) is 41.0 Å². The number of furan rings is 1. The van der Waals surface area contributed by atoms with Crippen LogP contribution in [-0.2, 0) is 4.79 Å². The number of hydrogen-bond donors (Lipinski definition) is 1. The van der Waals surface area contributed by atoms with Crippen LogP contribution in [-0.4, -0.2) is 66.4 Å². The van der Waals surface area contributed by atoms with E-state index in [4.69, 9.17) is 9.15 Å². The zero-order valence-electron chi connectivity index (χ0n) is 15.4. The van der Waals surface area contributed by atoms with Gasteiger partial charge in [-0.3, -0.25) is 14.5 Å². The van der Waals surface area contributed by atoms with E-state index in [-0.39, 0.29) is 18.4 Å². The van der Waals surface area contributed by atoms with E-state index in [9.17, 15) is 9.59 Å². The van der Waals surface area contributed by atoms with Gasteiger partial charge in [-0.2, -0.15) is 0 Å². The predicted octanol–water partition coefficient (Wildman–Crippen LogP) is 2.29. The van der Waals surface area contributed by atoms with E-state index in [2.05, 4.69) is 10.3 Å². The number of nitrogens with zero attached hydrogens (tertiary/aromatic N) is 3. The van der Waals surface area contributed by atoms with Gasteiger partial charge in [-0.25, -0.2) is 4.98 Å². The highest BCUT2D eigenvalue weighted by Gasteiger charge is 2.24. The number of anilines is 1. The van der Waals surface area contributed by atoms with Crippen LogP contribution in [0.5, 0.6) is 5.75 Å². The van der Waals surface area contributed by atoms with Crippen molar-refractivity contribution in [2.75, 3.05) is 45.2 Å². The lowest BCUT2D eigenvalue weighted by Gasteiger charge is -2.33. The SMILES string of the molecule is COc1ccc2nc(NC(=O)CN3CCN(C(=O)c4ccco4)CC3)sc2c1. The van der Waals surface area contributed by atoms with E-state index in [1.165, 1.54) is 17.6 Å². The third-order valence-corrected chi connectivity index (χ3v) is 5.53. The van der Waals surface area contributed by atoms with Gasteiger partial charge in [-0.05, 0) is 30.3 Å². The van der Waals surface area contributed by atoms with Crippen LogP contribution >= 0.6 is 11.3 Å². The van der Waals surface area contributed by atoms with Crippen LogP contribution in [0.4, 0.5) is 5.13 Å². The summed E-state index contributed by atoms with van der Waals surface area (Å²) in [6.07, 6.45) is 1.49. The van der Waals surface area contributed by atoms with Gasteiger partial charge in [0.2, 0.25) is 5.91 Å². The van der Waals surface area contributed by atoms with Crippen LogP contribution < -0.4 is 10.1 Å². The highest BCUT2D eigenvalue weighted by atomic mass is 32.1. The van der Waals surface area contributed by atoms with E-state index in [0.717, 1.165) is 16.0 Å². The average Bonchev–Trinajstić information content (AvgIpc) is 3.36. The number of fused-ring (bicyclic) bond motifs is 1. The smallest absolute Gasteiger partial charge is 0.289 e. The summed E-state index contributed by atoms with van der Waals surface area (Å²) in [6.45, 7) is 2.66. The molecule has 0 unspecified atom stereocenters. The molecule has 0 spiro atoms. The van der Waals surface area contributed by atoms with Gasteiger partial charge in [0.25, 0.3) is 5.91 Å². The quantitative estimate of drug-likeness (QED) is 0.707. The molecular weight excluding hydrogens is 380 g/mol. The summed E-state index contributed by atoms with van der Waals surface area (Å²) in [7, 11) is 1.62. The van der Waals surface area contributed by atoms with Gasteiger partial charge in [-0.1, -0.05) is 11.3 Å². The molecule has 1 N–H and O–H groups in total. The summed E-state index contributed by atoms with van der Waals surface area (Å²) in [5, 5.41) is 3.43. The van der Waals surface area contributed by atoms with Crippen molar-refractivity contribution >= 4 is 38.5 Å². The van der Waals surface area contributed by atoms with Gasteiger partial charge in [0.15, 0.2) is 10.9 Å². The number of thiazole rings is 1. The minimum absolute atomic E-state index is 0.112. The summed E-state index contributed by atoms with van der Waals surface area (Å²) in [4.78, 5) is 32.9. The van der Waals surface area contributed by atoms with Crippen molar-refractivity contribution in [3.63, 3.8) is 0 Å². The fraction of sp³-hybridized carbons (Fsp3) is 0.316. The first-order chi connectivity index (χ1) is 13.6. The number of aromatic nitrogens is 1. The summed E-state index contributed by atoms with van der Waals surface area (Å²) < 4.78 is 11.3. The molecule has 146 valence electrons. The number of piperazine rings is 1. The molecule has 1 aliphatic rings. The Morgan fingerprint density at radius 3 is 2.79 bits per heavy atom. The van der Waals surface area contributed by atoms with Crippen LogP contribution in [0.2, 0.25) is 0 Å². The molecule has 3 heterocycles. The molecule has 1 saturated heterocycles. The van der Waals surface area contributed by atoms with Crippen molar-refractivity contribution in [2.45, 2.75) is 0 Å². The van der Waals surface area contributed by atoms with Crippen molar-refractivity contribution in [3.8, 4) is 5.75 Å². The van der Waals surface area contributed by atoms with E-state index < -0.39 is 0 Å². The number of carbonyl (C=O) groups excluding carboxylic acids is 2. The first-order valence-corrected chi connectivity index (χ1v) is 9.73. The molecule has 0 aliphatic carbocycles. The highest BCUT2D eigenvalue weighted by Crippen LogP contribution is 2.29. The maximum absolute atomic E-state index is 12.4. The van der Waals surface area contributed by atoms with Gasteiger partial charge in [0.05, 0.1) is 30.1 Å². The molecule has 1 aliphatic heterocycles. The van der Waals surface area contributed by atoms with Crippen molar-refractivity contribution in [2.24, 2.45) is 0 Å². The predicted molar refractivity (Wildman–Crippen MR) is 106 cm³/mol. The lowest BCUT2D eigenvalue weighted by Crippen LogP contribution is -2.50. The molecule has 3 aromatic rings. The van der Waals surface area contributed by atoms with Crippen LogP contribution in [0.25, 0.3) is 10.2 Å². The normalized spacial score (nSPS) is 15.0. The monoisotopic (exact) mass is 400 g/mol. The third-order valence-electron chi connectivity index (χ3n) is 4.60. The number of methoxy groups -OCH3 is 1. The molecule has 1 aromatic carbocycles. The fourth-order valence-electron chi connectivity index (χ4n) is 3.11. The van der Waals surface area contributed by atoms with Gasteiger partial charge in [-0.15, -0.1) is 0 Å². The van der Waals surface area contributed by atoms with Gasteiger partial charge < -0.3 is 19.4 Å². The summed E-state index contributed by atoms with van der Waals surface area (Å²) in [5.74, 6) is 0.880. The second-order valence-electron chi connectivity index (χ2n) is 6.45. The third kappa shape index (κ3) is 4.00. The molecule has 0 bridgehead atoms. The molecule has 28 heavy (non-hydrogen) atoms. The first-order valence-electron chi connectivity index (χ1n) is 8.92. The van der Waals surface area contributed by atoms with Gasteiger partial charge >= 0.3 is 0 Å². The van der Waals surface area contributed by atoms with Gasteiger partial charge in [0, 0.05) is 26.2 Å². The molecule has 4 rings (SSSR count). The average molecular weight is 400 g/mol. The fourth-order valence-corrected chi connectivity index (χ4v) is 4.02. The Balaban J connectivity index is 1.29. The maximum Gasteiger partial charge on any atom is 0.289 e. The van der Waals surface area contributed by atoms with E-state index in [1.54, 1.807) is 24.1 Å². The summed E-state index contributed by atoms with van der Waals surface area (Å²) >= 11 is 1.42. The van der Waals surface area contributed by atoms with Crippen molar-refractivity contribution in [3.05, 3.63) is 42.4 Å². The molecule has 0 atom stereocenters. The van der Waals surface area contributed by atoms with Crippen LogP contribution in [0.3, 0.4) is 0 Å².